The second kappa shape index (κ2) is 4.05. The van der Waals surface area contributed by atoms with Gasteiger partial charge in [-0.1, -0.05) is 0 Å². The van der Waals surface area contributed by atoms with E-state index in [0.29, 0.717) is 17.0 Å². The summed E-state index contributed by atoms with van der Waals surface area (Å²) in [4.78, 5) is 7.53. The largest absolute Gasteiger partial charge is 0.381 e. The summed E-state index contributed by atoms with van der Waals surface area (Å²) in [6.07, 6.45) is 0. The van der Waals surface area contributed by atoms with Gasteiger partial charge >= 0.3 is 0 Å². The highest BCUT2D eigenvalue weighted by atomic mass is 32.2. The number of hydrogen-bond donors (Lipinski definition) is 2. The standard InChI is InChI=1S/C8H7F2N5S/c1-3-12-8(15-14-3)16-7-5(10)2-4(9)6(11)13-7/h2H,1H3,(H2,11,13)(H,12,14,15). The summed E-state index contributed by atoms with van der Waals surface area (Å²) < 4.78 is 26.1. The molecule has 0 atom stereocenters. The van der Waals surface area contributed by atoms with Crippen LogP contribution in [0.1, 0.15) is 5.82 Å². The van der Waals surface area contributed by atoms with Crippen molar-refractivity contribution in [1.82, 2.24) is 20.2 Å². The lowest BCUT2D eigenvalue weighted by molar-refractivity contribution is 0.552. The van der Waals surface area contributed by atoms with Gasteiger partial charge < -0.3 is 5.73 Å². The van der Waals surface area contributed by atoms with E-state index in [4.69, 9.17) is 5.73 Å². The van der Waals surface area contributed by atoms with Gasteiger partial charge in [0, 0.05) is 6.07 Å². The first-order valence-corrected chi connectivity index (χ1v) is 5.06. The maximum Gasteiger partial charge on any atom is 0.214 e. The third-order valence-electron chi connectivity index (χ3n) is 1.69. The Balaban J connectivity index is 2.31. The Labute approximate surface area is 93.5 Å². The molecule has 0 aliphatic rings. The smallest absolute Gasteiger partial charge is 0.214 e. The van der Waals surface area contributed by atoms with Crippen LogP contribution in [0.15, 0.2) is 16.2 Å². The highest BCUT2D eigenvalue weighted by molar-refractivity contribution is 7.99. The van der Waals surface area contributed by atoms with Crippen molar-refractivity contribution in [2.75, 3.05) is 5.73 Å². The zero-order chi connectivity index (χ0) is 11.7. The molecule has 2 aromatic heterocycles. The Morgan fingerprint density at radius 2 is 2.06 bits per heavy atom. The van der Waals surface area contributed by atoms with Crippen LogP contribution < -0.4 is 5.73 Å². The van der Waals surface area contributed by atoms with E-state index in [-0.39, 0.29) is 10.8 Å². The van der Waals surface area contributed by atoms with Crippen LogP contribution in [0, 0.1) is 18.6 Å². The predicted molar refractivity (Wildman–Crippen MR) is 53.8 cm³/mol. The van der Waals surface area contributed by atoms with Crippen LogP contribution in [0.4, 0.5) is 14.6 Å². The van der Waals surface area contributed by atoms with Crippen LogP contribution in [0.5, 0.6) is 0 Å². The summed E-state index contributed by atoms with van der Waals surface area (Å²) in [7, 11) is 0. The quantitative estimate of drug-likeness (QED) is 0.835. The first-order chi connectivity index (χ1) is 7.56. The molecule has 0 spiro atoms. The lowest BCUT2D eigenvalue weighted by atomic mass is 10.4. The molecule has 0 saturated heterocycles. The number of nitrogens with two attached hydrogens (primary N) is 1. The molecular formula is C8H7F2N5S. The molecule has 2 rings (SSSR count). The first-order valence-electron chi connectivity index (χ1n) is 4.24. The number of hydrogen-bond acceptors (Lipinski definition) is 5. The molecule has 16 heavy (non-hydrogen) atoms. The molecular weight excluding hydrogens is 236 g/mol. The Morgan fingerprint density at radius 1 is 1.31 bits per heavy atom. The van der Waals surface area contributed by atoms with E-state index in [0.717, 1.165) is 11.8 Å². The van der Waals surface area contributed by atoms with E-state index in [1.54, 1.807) is 6.92 Å². The third-order valence-corrected chi connectivity index (χ3v) is 2.53. The molecule has 3 N–H and O–H groups in total. The van der Waals surface area contributed by atoms with Gasteiger partial charge in [-0.15, -0.1) is 5.10 Å². The number of pyridine rings is 1. The minimum atomic E-state index is -0.881. The average Bonchev–Trinajstić information content (AvgIpc) is 2.60. The van der Waals surface area contributed by atoms with Crippen molar-refractivity contribution in [3.05, 3.63) is 23.5 Å². The number of rotatable bonds is 2. The molecule has 5 nitrogen and oxygen atoms in total. The van der Waals surface area contributed by atoms with E-state index in [1.165, 1.54) is 0 Å². The van der Waals surface area contributed by atoms with Crippen molar-refractivity contribution in [2.45, 2.75) is 17.1 Å². The Kier molecular flexibility index (Phi) is 2.73. The number of nitrogens with zero attached hydrogens (tertiary/aromatic N) is 3. The van der Waals surface area contributed by atoms with Gasteiger partial charge in [0.05, 0.1) is 0 Å². The van der Waals surface area contributed by atoms with Crippen LogP contribution in [-0.4, -0.2) is 20.2 Å². The molecule has 2 heterocycles. The number of anilines is 1. The summed E-state index contributed by atoms with van der Waals surface area (Å²) in [5.41, 5.74) is 5.23. The molecule has 0 fully saturated rings. The number of aromatic amines is 1. The van der Waals surface area contributed by atoms with E-state index in [1.807, 2.05) is 0 Å². The summed E-state index contributed by atoms with van der Waals surface area (Å²) in [5, 5.41) is 6.63. The highest BCUT2D eigenvalue weighted by Crippen LogP contribution is 2.26. The lowest BCUT2D eigenvalue weighted by Gasteiger charge is -2.01. The number of nitrogens with one attached hydrogen (secondary N) is 1. The van der Waals surface area contributed by atoms with E-state index >= 15 is 0 Å². The SMILES string of the molecule is Cc1nc(Sc2nc(N)c(F)cc2F)n[nH]1. The van der Waals surface area contributed by atoms with Crippen molar-refractivity contribution >= 4 is 17.6 Å². The molecule has 0 bridgehead atoms. The van der Waals surface area contributed by atoms with E-state index in [2.05, 4.69) is 20.2 Å². The van der Waals surface area contributed by atoms with Crippen LogP contribution in [-0.2, 0) is 0 Å². The van der Waals surface area contributed by atoms with Crippen molar-refractivity contribution in [3.8, 4) is 0 Å². The van der Waals surface area contributed by atoms with Gasteiger partial charge in [0.2, 0.25) is 5.16 Å². The maximum absolute atomic E-state index is 13.3. The fourth-order valence-electron chi connectivity index (χ4n) is 0.989. The fourth-order valence-corrected chi connectivity index (χ4v) is 1.74. The van der Waals surface area contributed by atoms with Crippen LogP contribution in [0.2, 0.25) is 0 Å². The Morgan fingerprint density at radius 3 is 2.69 bits per heavy atom. The molecule has 0 aliphatic heterocycles. The van der Waals surface area contributed by atoms with Gasteiger partial charge in [0.25, 0.3) is 0 Å². The summed E-state index contributed by atoms with van der Waals surface area (Å²) in [5.74, 6) is -1.43. The van der Waals surface area contributed by atoms with Gasteiger partial charge in [-0.05, 0) is 18.7 Å². The van der Waals surface area contributed by atoms with Gasteiger partial charge in [0.15, 0.2) is 17.5 Å². The van der Waals surface area contributed by atoms with Crippen molar-refractivity contribution in [3.63, 3.8) is 0 Å². The number of nitrogen functional groups attached to an aromatic ring is 1. The highest BCUT2D eigenvalue weighted by Gasteiger charge is 2.13. The number of H-pyrrole nitrogens is 1. The minimum absolute atomic E-state index is 0.0575. The second-order valence-corrected chi connectivity index (χ2v) is 3.90. The lowest BCUT2D eigenvalue weighted by Crippen LogP contribution is -1.99. The third kappa shape index (κ3) is 2.11. The number of halogens is 2. The average molecular weight is 243 g/mol. The Bertz CT molecular complexity index is 527. The molecule has 0 aromatic carbocycles. The summed E-state index contributed by atoms with van der Waals surface area (Å²) in [6.45, 7) is 1.71. The number of aryl methyl sites for hydroxylation is 1. The van der Waals surface area contributed by atoms with Crippen LogP contribution in [0.3, 0.4) is 0 Å². The van der Waals surface area contributed by atoms with Crippen molar-refractivity contribution in [1.29, 1.82) is 0 Å². The molecule has 2 aromatic rings. The minimum Gasteiger partial charge on any atom is -0.381 e. The summed E-state index contributed by atoms with van der Waals surface area (Å²) >= 11 is 0.872. The second-order valence-electron chi connectivity index (χ2n) is 2.95. The monoisotopic (exact) mass is 243 g/mol. The molecule has 0 aliphatic carbocycles. The normalized spacial score (nSPS) is 10.7. The number of aromatic nitrogens is 4. The van der Waals surface area contributed by atoms with Gasteiger partial charge in [-0.2, -0.15) is 0 Å². The topological polar surface area (TPSA) is 80.5 Å². The van der Waals surface area contributed by atoms with Gasteiger partial charge in [0.1, 0.15) is 10.9 Å². The molecule has 0 unspecified atom stereocenters. The fraction of sp³-hybridized carbons (Fsp3) is 0.125. The molecule has 0 amide bonds. The predicted octanol–water partition coefficient (Wildman–Crippen LogP) is 1.52. The van der Waals surface area contributed by atoms with Crippen molar-refractivity contribution in [2.24, 2.45) is 0 Å². The van der Waals surface area contributed by atoms with Gasteiger partial charge in [-0.25, -0.2) is 18.7 Å². The zero-order valence-corrected chi connectivity index (χ0v) is 8.98. The molecule has 8 heteroatoms. The van der Waals surface area contributed by atoms with Crippen molar-refractivity contribution < 1.29 is 8.78 Å². The van der Waals surface area contributed by atoms with E-state index in [9.17, 15) is 8.78 Å². The zero-order valence-electron chi connectivity index (χ0n) is 8.16. The van der Waals surface area contributed by atoms with Gasteiger partial charge in [-0.3, -0.25) is 5.10 Å². The van der Waals surface area contributed by atoms with Crippen LogP contribution >= 0.6 is 11.8 Å². The first kappa shape index (κ1) is 10.8. The molecule has 84 valence electrons. The van der Waals surface area contributed by atoms with E-state index < -0.39 is 11.6 Å². The molecule has 0 radical (unpaired) electrons. The van der Waals surface area contributed by atoms with Crippen LogP contribution in [0.25, 0.3) is 0 Å². The maximum atomic E-state index is 13.3. The summed E-state index contributed by atoms with van der Waals surface area (Å²) in [6, 6.07) is 0.685. The molecule has 0 saturated carbocycles. The Hall–Kier alpha value is -1.70.